The van der Waals surface area contributed by atoms with E-state index in [1.54, 1.807) is 5.38 Å². The zero-order valence-corrected chi connectivity index (χ0v) is 20.2. The topological polar surface area (TPSA) is 188 Å². The van der Waals surface area contributed by atoms with Crippen LogP contribution in [0, 0.1) is 0 Å². The molecule has 1 heterocycles. The molecule has 35 heavy (non-hydrogen) atoms. The molecule has 0 saturated heterocycles. The van der Waals surface area contributed by atoms with Crippen LogP contribution in [0.5, 0.6) is 17.2 Å². The Morgan fingerprint density at radius 3 is 2.14 bits per heavy atom. The molecule has 0 atom stereocenters. The number of aromatic nitrogens is 1. The van der Waals surface area contributed by atoms with Crippen LogP contribution in [-0.4, -0.2) is 90.4 Å². The van der Waals surface area contributed by atoms with Gasteiger partial charge in [0.15, 0.2) is 16.6 Å². The second-order valence-corrected chi connectivity index (χ2v) is 7.64. The molecule has 0 saturated carbocycles. The third kappa shape index (κ3) is 10.1. The molecular weight excluding hydrogens is 484 g/mol. The number of phenolic OH excluding ortho intramolecular Hbond substituents is 1. The molecule has 0 radical (unpaired) electrons. The highest BCUT2D eigenvalue weighted by Crippen LogP contribution is 2.34. The number of carboxylic acid groups (broad SMARTS) is 2. The number of aromatic hydroxyl groups is 1. The first kappa shape index (κ1) is 28.9. The second kappa shape index (κ2) is 14.2. The number of aliphatic carboxylic acids is 2. The lowest BCUT2D eigenvalue weighted by atomic mass is 10.1. The molecule has 13 nitrogen and oxygen atoms in total. The van der Waals surface area contributed by atoms with Gasteiger partial charge in [-0.3, -0.25) is 14.9 Å². The molecule has 2 amide bonds. The van der Waals surface area contributed by atoms with E-state index in [4.69, 9.17) is 19.7 Å². The van der Waals surface area contributed by atoms with Gasteiger partial charge in [-0.05, 0) is 14.1 Å². The quantitative estimate of drug-likeness (QED) is 0.288. The predicted molar refractivity (Wildman–Crippen MR) is 127 cm³/mol. The number of benzene rings is 1. The molecule has 0 spiro atoms. The van der Waals surface area contributed by atoms with E-state index in [0.29, 0.717) is 25.2 Å². The van der Waals surface area contributed by atoms with Crippen molar-refractivity contribution in [2.45, 2.75) is 0 Å². The van der Waals surface area contributed by atoms with Crippen molar-refractivity contribution < 1.29 is 44.0 Å². The van der Waals surface area contributed by atoms with Gasteiger partial charge in [0.1, 0.15) is 11.4 Å². The van der Waals surface area contributed by atoms with E-state index in [-0.39, 0.29) is 39.5 Å². The zero-order valence-electron chi connectivity index (χ0n) is 19.4. The number of ether oxygens (including phenoxy) is 2. The van der Waals surface area contributed by atoms with Gasteiger partial charge in [0.25, 0.3) is 11.8 Å². The summed E-state index contributed by atoms with van der Waals surface area (Å²) in [4.78, 5) is 49.8. The van der Waals surface area contributed by atoms with Crippen LogP contribution in [0.3, 0.4) is 0 Å². The molecular formula is C21H26N4O9S. The van der Waals surface area contributed by atoms with E-state index in [0.717, 1.165) is 11.3 Å². The number of rotatable bonds is 10. The maximum atomic E-state index is 12.5. The Bertz CT molecular complexity index is 1070. The third-order valence-corrected chi connectivity index (χ3v) is 4.67. The van der Waals surface area contributed by atoms with Crippen molar-refractivity contribution in [3.05, 3.63) is 40.9 Å². The molecule has 190 valence electrons. The van der Waals surface area contributed by atoms with Crippen LogP contribution in [0.1, 0.15) is 20.8 Å². The number of likely N-dealkylation sites (N-methyl/N-ethyl adjacent to an activating group) is 1. The first-order valence-corrected chi connectivity index (χ1v) is 10.6. The maximum absolute atomic E-state index is 12.5. The zero-order chi connectivity index (χ0) is 26.5. The van der Waals surface area contributed by atoms with E-state index < -0.39 is 17.8 Å². The van der Waals surface area contributed by atoms with E-state index in [1.165, 1.54) is 26.4 Å². The Morgan fingerprint density at radius 2 is 1.63 bits per heavy atom. The summed E-state index contributed by atoms with van der Waals surface area (Å²) in [5.41, 5.74) is 0.392. The number of carbonyl (C=O) groups is 4. The van der Waals surface area contributed by atoms with Crippen molar-refractivity contribution in [2.24, 2.45) is 0 Å². The number of amides is 2. The molecule has 2 aromatic rings. The molecule has 5 N–H and O–H groups in total. The average Bonchev–Trinajstić information content (AvgIpc) is 3.26. The smallest absolute Gasteiger partial charge is 0.328 e. The minimum Gasteiger partial charge on any atom is -0.504 e. The summed E-state index contributed by atoms with van der Waals surface area (Å²) < 4.78 is 10.2. The number of thiazole rings is 1. The van der Waals surface area contributed by atoms with E-state index in [1.807, 2.05) is 19.0 Å². The van der Waals surface area contributed by atoms with Gasteiger partial charge in [-0.1, -0.05) is 0 Å². The molecule has 0 unspecified atom stereocenters. The fourth-order valence-corrected chi connectivity index (χ4v) is 2.97. The maximum Gasteiger partial charge on any atom is 0.328 e. The standard InChI is InChI=1S/C17H22N4O5S.C4H4O4/c1-21(2)6-5-18-16(24)11-9-27-17(19-11)20-15(23)10-7-14(26-4)12(22)8-13(10)25-3;5-3(6)1-2-4(7)8/h7-9,22H,5-6H2,1-4H3,(H,18,24)(H,19,20,23);1-2H,(H,5,6)(H,7,8)/b;2-1-. The summed E-state index contributed by atoms with van der Waals surface area (Å²) in [7, 11) is 6.59. The number of anilines is 1. The van der Waals surface area contributed by atoms with Crippen molar-refractivity contribution in [1.82, 2.24) is 15.2 Å². The lowest BCUT2D eigenvalue weighted by molar-refractivity contribution is -0.134. The monoisotopic (exact) mass is 510 g/mol. The van der Waals surface area contributed by atoms with Crippen LogP contribution in [0.15, 0.2) is 29.7 Å². The van der Waals surface area contributed by atoms with Crippen LogP contribution in [0.4, 0.5) is 5.13 Å². The molecule has 0 aliphatic carbocycles. The molecule has 0 bridgehead atoms. The average molecular weight is 511 g/mol. The van der Waals surface area contributed by atoms with Crippen LogP contribution in [-0.2, 0) is 9.59 Å². The van der Waals surface area contributed by atoms with Gasteiger partial charge in [-0.15, -0.1) is 11.3 Å². The summed E-state index contributed by atoms with van der Waals surface area (Å²) in [6.07, 6.45) is 1.12. The summed E-state index contributed by atoms with van der Waals surface area (Å²) in [6.45, 7) is 1.21. The molecule has 0 fully saturated rings. The molecule has 2 rings (SSSR count). The number of nitrogens with zero attached hydrogens (tertiary/aromatic N) is 2. The van der Waals surface area contributed by atoms with E-state index in [2.05, 4.69) is 15.6 Å². The number of methoxy groups -OCH3 is 2. The van der Waals surface area contributed by atoms with Gasteiger partial charge in [-0.2, -0.15) is 0 Å². The number of hydrogen-bond acceptors (Lipinski definition) is 10. The normalized spacial score (nSPS) is 10.3. The van der Waals surface area contributed by atoms with Crippen LogP contribution in [0.2, 0.25) is 0 Å². The fourth-order valence-electron chi connectivity index (χ4n) is 2.29. The highest BCUT2D eigenvalue weighted by Gasteiger charge is 2.19. The van der Waals surface area contributed by atoms with Gasteiger partial charge in [0.2, 0.25) is 0 Å². The van der Waals surface area contributed by atoms with Crippen LogP contribution >= 0.6 is 11.3 Å². The summed E-state index contributed by atoms with van der Waals surface area (Å²) >= 11 is 1.13. The van der Waals surface area contributed by atoms with Crippen molar-refractivity contribution in [1.29, 1.82) is 0 Å². The van der Waals surface area contributed by atoms with Gasteiger partial charge in [0.05, 0.1) is 19.8 Å². The third-order valence-electron chi connectivity index (χ3n) is 3.92. The van der Waals surface area contributed by atoms with Gasteiger partial charge < -0.3 is 35.0 Å². The van der Waals surface area contributed by atoms with Crippen molar-refractivity contribution in [3.8, 4) is 17.2 Å². The number of hydrogen-bond donors (Lipinski definition) is 5. The van der Waals surface area contributed by atoms with Gasteiger partial charge >= 0.3 is 11.9 Å². The Hall–Kier alpha value is -4.17. The highest BCUT2D eigenvalue weighted by atomic mass is 32.1. The first-order chi connectivity index (χ1) is 16.5. The molecule has 1 aromatic heterocycles. The lowest BCUT2D eigenvalue weighted by Crippen LogP contribution is -2.31. The molecule has 1 aromatic carbocycles. The Kier molecular flexibility index (Phi) is 11.7. The Labute approximate surface area is 204 Å². The van der Waals surface area contributed by atoms with Crippen molar-refractivity contribution in [2.75, 3.05) is 46.7 Å². The number of phenols is 1. The predicted octanol–water partition coefficient (Wildman–Crippen LogP) is 1.12. The summed E-state index contributed by atoms with van der Waals surface area (Å²) in [5, 5.41) is 32.6. The summed E-state index contributed by atoms with van der Waals surface area (Å²) in [6, 6.07) is 2.66. The van der Waals surface area contributed by atoms with Crippen LogP contribution < -0.4 is 20.1 Å². The minimum absolute atomic E-state index is 0.140. The van der Waals surface area contributed by atoms with Gasteiger partial charge in [0, 0.05) is 42.8 Å². The molecule has 0 aliphatic heterocycles. The van der Waals surface area contributed by atoms with Crippen molar-refractivity contribution >= 4 is 40.2 Å². The molecule has 14 heteroatoms. The number of carbonyl (C=O) groups excluding carboxylic acids is 2. The molecule has 0 aliphatic rings. The van der Waals surface area contributed by atoms with Gasteiger partial charge in [-0.25, -0.2) is 14.6 Å². The van der Waals surface area contributed by atoms with Crippen molar-refractivity contribution in [3.63, 3.8) is 0 Å². The fraction of sp³-hybridized carbons (Fsp3) is 0.286. The minimum atomic E-state index is -1.26. The first-order valence-electron chi connectivity index (χ1n) is 9.77. The lowest BCUT2D eigenvalue weighted by Gasteiger charge is -2.11. The number of nitrogens with one attached hydrogen (secondary N) is 2. The Balaban J connectivity index is 0.000000658. The van der Waals surface area contributed by atoms with Crippen LogP contribution in [0.25, 0.3) is 0 Å². The second-order valence-electron chi connectivity index (χ2n) is 6.79. The highest BCUT2D eigenvalue weighted by molar-refractivity contribution is 7.14. The largest absolute Gasteiger partial charge is 0.504 e. The Morgan fingerprint density at radius 1 is 1.03 bits per heavy atom. The summed E-state index contributed by atoms with van der Waals surface area (Å²) in [5.74, 6) is -3.14. The van der Waals surface area contributed by atoms with E-state index >= 15 is 0 Å². The number of carboxylic acids is 2. The van der Waals surface area contributed by atoms with E-state index in [9.17, 15) is 24.3 Å². The SMILES string of the molecule is COc1cc(C(=O)Nc2nc(C(=O)NCCN(C)C)cs2)c(OC)cc1O.O=C(O)/C=C\C(=O)O.